The van der Waals surface area contributed by atoms with E-state index >= 15 is 0 Å². The van der Waals surface area contributed by atoms with Crippen LogP contribution in [0.5, 0.6) is 0 Å². The zero-order valence-corrected chi connectivity index (χ0v) is 13.4. The van der Waals surface area contributed by atoms with Crippen molar-refractivity contribution in [1.29, 1.82) is 0 Å². The number of hydrogen-bond donors (Lipinski definition) is 1. The van der Waals surface area contributed by atoms with E-state index in [1.807, 2.05) is 48.5 Å². The van der Waals surface area contributed by atoms with Gasteiger partial charge in [-0.2, -0.15) is 0 Å². The first-order valence-corrected chi connectivity index (χ1v) is 7.80. The van der Waals surface area contributed by atoms with E-state index in [4.69, 9.17) is 9.57 Å². The number of nitrogens with one attached hydrogen (secondary N) is 1. The molecule has 0 amide bonds. The Bertz CT molecular complexity index is 572. The van der Waals surface area contributed by atoms with E-state index in [1.165, 1.54) is 12.7 Å². The van der Waals surface area contributed by atoms with Gasteiger partial charge in [-0.1, -0.05) is 60.7 Å². The van der Waals surface area contributed by atoms with Crippen LogP contribution >= 0.6 is 0 Å². The molecule has 0 heterocycles. The van der Waals surface area contributed by atoms with E-state index in [0.717, 1.165) is 18.4 Å². The molecule has 4 heteroatoms. The lowest BCUT2D eigenvalue weighted by atomic mass is 10.00. The number of carbonyl (C=O) groups is 1. The summed E-state index contributed by atoms with van der Waals surface area (Å²) < 4.78 is 4.88. The second-order valence-corrected chi connectivity index (χ2v) is 5.37. The van der Waals surface area contributed by atoms with Gasteiger partial charge in [-0.05, 0) is 24.0 Å². The topological polar surface area (TPSA) is 47.6 Å². The number of rotatable bonds is 9. The predicted molar refractivity (Wildman–Crippen MR) is 89.5 cm³/mol. The maximum Gasteiger partial charge on any atom is 0.310 e. The molecule has 1 unspecified atom stereocenters. The molecular weight excluding hydrogens is 290 g/mol. The largest absolute Gasteiger partial charge is 0.469 e. The van der Waals surface area contributed by atoms with E-state index < -0.39 is 0 Å². The van der Waals surface area contributed by atoms with Crippen LogP contribution in [-0.4, -0.2) is 19.6 Å². The van der Waals surface area contributed by atoms with Crippen LogP contribution < -0.4 is 5.48 Å². The first kappa shape index (κ1) is 17.2. The minimum Gasteiger partial charge on any atom is -0.469 e. The van der Waals surface area contributed by atoms with Gasteiger partial charge in [-0.25, -0.2) is 5.48 Å². The maximum absolute atomic E-state index is 11.9. The molecule has 2 rings (SSSR count). The van der Waals surface area contributed by atoms with Gasteiger partial charge in [0.25, 0.3) is 0 Å². The number of ether oxygens (including phenoxy) is 1. The van der Waals surface area contributed by atoms with Gasteiger partial charge in [0.2, 0.25) is 0 Å². The minimum absolute atomic E-state index is 0.211. The lowest BCUT2D eigenvalue weighted by Crippen LogP contribution is -2.30. The van der Waals surface area contributed by atoms with Crippen LogP contribution in [0.15, 0.2) is 60.7 Å². The molecule has 1 atom stereocenters. The van der Waals surface area contributed by atoms with Crippen molar-refractivity contribution >= 4 is 5.97 Å². The normalized spacial score (nSPS) is 11.9. The molecule has 122 valence electrons. The average molecular weight is 313 g/mol. The van der Waals surface area contributed by atoms with E-state index in [-0.39, 0.29) is 11.9 Å². The fourth-order valence-corrected chi connectivity index (χ4v) is 2.32. The summed E-state index contributed by atoms with van der Waals surface area (Å²) in [6, 6.07) is 20.0. The highest BCUT2D eigenvalue weighted by atomic mass is 16.6. The van der Waals surface area contributed by atoms with Crippen molar-refractivity contribution in [3.63, 3.8) is 0 Å². The molecule has 2 aromatic rings. The number of methoxy groups -OCH3 is 1. The zero-order valence-electron chi connectivity index (χ0n) is 13.4. The molecule has 0 bridgehead atoms. The van der Waals surface area contributed by atoms with E-state index in [9.17, 15) is 4.79 Å². The van der Waals surface area contributed by atoms with Crippen LogP contribution in [-0.2, 0) is 27.4 Å². The van der Waals surface area contributed by atoms with Crippen LogP contribution in [0.1, 0.15) is 17.5 Å². The molecule has 4 nitrogen and oxygen atoms in total. The highest BCUT2D eigenvalue weighted by Crippen LogP contribution is 2.11. The number of benzene rings is 2. The van der Waals surface area contributed by atoms with Crippen LogP contribution in [0.2, 0.25) is 0 Å². The molecule has 0 fully saturated rings. The number of carbonyl (C=O) groups excluding carboxylic acids is 1. The first-order chi connectivity index (χ1) is 11.3. The summed E-state index contributed by atoms with van der Waals surface area (Å²) in [5, 5.41) is 0. The summed E-state index contributed by atoms with van der Waals surface area (Å²) in [6.07, 6.45) is 1.55. The summed E-state index contributed by atoms with van der Waals surface area (Å²) in [6.45, 7) is 0.903. The monoisotopic (exact) mass is 313 g/mol. The van der Waals surface area contributed by atoms with E-state index in [1.54, 1.807) is 0 Å². The third-order valence-corrected chi connectivity index (χ3v) is 3.67. The van der Waals surface area contributed by atoms with Crippen molar-refractivity contribution in [1.82, 2.24) is 5.48 Å². The molecule has 0 aromatic heterocycles. The molecule has 23 heavy (non-hydrogen) atoms. The van der Waals surface area contributed by atoms with Gasteiger partial charge in [0.15, 0.2) is 0 Å². The lowest BCUT2D eigenvalue weighted by molar-refractivity contribution is -0.146. The number of esters is 1. The maximum atomic E-state index is 11.9. The zero-order chi connectivity index (χ0) is 16.3. The standard InChI is InChI=1S/C19H23NO3/c1-22-19(21)18(13-12-16-8-4-2-5-9-16)14-20-23-15-17-10-6-3-7-11-17/h2-11,18,20H,12-15H2,1H3. The molecule has 0 saturated carbocycles. The summed E-state index contributed by atoms with van der Waals surface area (Å²) in [7, 11) is 1.42. The molecule has 0 spiro atoms. The van der Waals surface area contributed by atoms with Crippen LogP contribution in [0.25, 0.3) is 0 Å². The van der Waals surface area contributed by atoms with E-state index in [0.29, 0.717) is 13.2 Å². The summed E-state index contributed by atoms with van der Waals surface area (Å²) in [4.78, 5) is 17.3. The molecule has 1 N–H and O–H groups in total. The Morgan fingerprint density at radius 1 is 1.00 bits per heavy atom. The fraction of sp³-hybridized carbons (Fsp3) is 0.316. The van der Waals surface area contributed by atoms with Crippen molar-refractivity contribution in [2.45, 2.75) is 19.4 Å². The lowest BCUT2D eigenvalue weighted by Gasteiger charge is -2.15. The first-order valence-electron chi connectivity index (χ1n) is 7.80. The van der Waals surface area contributed by atoms with Gasteiger partial charge < -0.3 is 4.74 Å². The van der Waals surface area contributed by atoms with Crippen molar-refractivity contribution in [2.24, 2.45) is 5.92 Å². The molecule has 0 radical (unpaired) electrons. The Kier molecular flexibility index (Phi) is 7.30. The Labute approximate surface area is 137 Å². The third-order valence-electron chi connectivity index (χ3n) is 3.67. The second kappa shape index (κ2) is 9.77. The molecule has 2 aromatic carbocycles. The van der Waals surface area contributed by atoms with Gasteiger partial charge in [0.1, 0.15) is 0 Å². The third kappa shape index (κ3) is 6.22. The number of hydroxylamine groups is 1. The van der Waals surface area contributed by atoms with Crippen LogP contribution in [0, 0.1) is 5.92 Å². The van der Waals surface area contributed by atoms with Gasteiger partial charge in [0.05, 0.1) is 19.6 Å². The Balaban J connectivity index is 1.76. The van der Waals surface area contributed by atoms with Gasteiger partial charge in [0, 0.05) is 6.54 Å². The van der Waals surface area contributed by atoms with Crippen LogP contribution in [0.3, 0.4) is 0 Å². The summed E-state index contributed by atoms with van der Waals surface area (Å²) in [5.74, 6) is -0.437. The molecule has 0 aliphatic carbocycles. The summed E-state index contributed by atoms with van der Waals surface area (Å²) in [5.41, 5.74) is 5.18. The predicted octanol–water partition coefficient (Wildman–Crippen LogP) is 3.13. The minimum atomic E-state index is -0.226. The number of hydrogen-bond acceptors (Lipinski definition) is 4. The molecule has 0 aliphatic rings. The fourth-order valence-electron chi connectivity index (χ4n) is 2.32. The Morgan fingerprint density at radius 3 is 2.22 bits per heavy atom. The Hall–Kier alpha value is -2.17. The quantitative estimate of drug-likeness (QED) is 0.439. The highest BCUT2D eigenvalue weighted by Gasteiger charge is 2.18. The van der Waals surface area contributed by atoms with Gasteiger partial charge in [-0.15, -0.1) is 0 Å². The number of aryl methyl sites for hydroxylation is 1. The van der Waals surface area contributed by atoms with Crippen molar-refractivity contribution in [2.75, 3.05) is 13.7 Å². The summed E-state index contributed by atoms with van der Waals surface area (Å²) >= 11 is 0. The van der Waals surface area contributed by atoms with Gasteiger partial charge in [-0.3, -0.25) is 9.63 Å². The average Bonchev–Trinajstić information content (AvgIpc) is 2.62. The van der Waals surface area contributed by atoms with E-state index in [2.05, 4.69) is 17.6 Å². The second-order valence-electron chi connectivity index (χ2n) is 5.37. The molecule has 0 saturated heterocycles. The SMILES string of the molecule is COC(=O)C(CCc1ccccc1)CNOCc1ccccc1. The van der Waals surface area contributed by atoms with Crippen molar-refractivity contribution in [3.05, 3.63) is 71.8 Å². The van der Waals surface area contributed by atoms with Crippen molar-refractivity contribution < 1.29 is 14.4 Å². The van der Waals surface area contributed by atoms with Crippen molar-refractivity contribution in [3.8, 4) is 0 Å². The Morgan fingerprint density at radius 2 is 1.61 bits per heavy atom. The smallest absolute Gasteiger partial charge is 0.310 e. The molecule has 0 aliphatic heterocycles. The van der Waals surface area contributed by atoms with Crippen LogP contribution in [0.4, 0.5) is 0 Å². The van der Waals surface area contributed by atoms with Gasteiger partial charge >= 0.3 is 5.97 Å². The highest BCUT2D eigenvalue weighted by molar-refractivity contribution is 5.72. The molecular formula is C19H23NO3.